The minimum Gasteiger partial charge on any atom is -0.508 e. The van der Waals surface area contributed by atoms with E-state index in [0.717, 1.165) is 113 Å². The fourth-order valence-corrected chi connectivity index (χ4v) is 8.81. The molecule has 4 aromatic rings. The Hall–Kier alpha value is -4.14. The summed E-state index contributed by atoms with van der Waals surface area (Å²) in [7, 11) is 0. The van der Waals surface area contributed by atoms with Gasteiger partial charge in [-0.2, -0.15) is 0 Å². The molecule has 1 saturated carbocycles. The molecule has 7 rings (SSSR count). The van der Waals surface area contributed by atoms with Crippen LogP contribution in [-0.4, -0.2) is 72.3 Å². The number of piperidine rings is 2. The lowest BCUT2D eigenvalue weighted by Crippen LogP contribution is -2.36. The van der Waals surface area contributed by atoms with E-state index in [4.69, 9.17) is 14.2 Å². The summed E-state index contributed by atoms with van der Waals surface area (Å²) in [6.45, 7) is 8.31. The Kier molecular flexibility index (Phi) is 13.0. The third kappa shape index (κ3) is 10.3. The third-order valence-corrected chi connectivity index (χ3v) is 12.1. The van der Waals surface area contributed by atoms with E-state index in [1.807, 2.05) is 13.0 Å². The number of likely N-dealkylation sites (tertiary alicyclic amines) is 2. The number of esters is 2. The van der Waals surface area contributed by atoms with Crippen molar-refractivity contribution in [2.45, 2.75) is 96.7 Å². The minimum atomic E-state index is -0.0389. The van der Waals surface area contributed by atoms with Crippen molar-refractivity contribution in [1.82, 2.24) is 9.80 Å². The number of phenolic OH excluding ortho intramolecular Hbond substituents is 1. The fourth-order valence-electron chi connectivity index (χ4n) is 8.81. The van der Waals surface area contributed by atoms with E-state index in [1.165, 1.54) is 41.2 Å². The van der Waals surface area contributed by atoms with E-state index < -0.39 is 0 Å². The van der Waals surface area contributed by atoms with Crippen LogP contribution in [0.15, 0.2) is 72.8 Å². The topological polar surface area (TPSA) is 88.5 Å². The molecule has 3 fully saturated rings. The van der Waals surface area contributed by atoms with Crippen molar-refractivity contribution in [1.29, 1.82) is 0 Å². The zero-order valence-corrected chi connectivity index (χ0v) is 32.1. The highest BCUT2D eigenvalue weighted by atomic mass is 16.5. The Morgan fingerprint density at radius 2 is 1.17 bits per heavy atom. The number of rotatable bonds is 14. The van der Waals surface area contributed by atoms with Crippen LogP contribution in [0.5, 0.6) is 11.5 Å². The highest BCUT2D eigenvalue weighted by molar-refractivity contribution is 5.85. The van der Waals surface area contributed by atoms with Crippen LogP contribution in [0.2, 0.25) is 0 Å². The van der Waals surface area contributed by atoms with Gasteiger partial charge in [0.15, 0.2) is 0 Å². The number of fused-ring (bicyclic) bond motifs is 2. The zero-order chi connectivity index (χ0) is 37.3. The first-order chi connectivity index (χ1) is 26.4. The second-order valence-electron chi connectivity index (χ2n) is 16.0. The van der Waals surface area contributed by atoms with Crippen molar-refractivity contribution in [3.05, 3.63) is 83.9 Å². The van der Waals surface area contributed by atoms with Gasteiger partial charge in [0.05, 0.1) is 31.2 Å². The van der Waals surface area contributed by atoms with Crippen LogP contribution in [-0.2, 0) is 32.2 Å². The van der Waals surface area contributed by atoms with Crippen molar-refractivity contribution >= 4 is 33.5 Å². The number of unbranched alkanes of at least 4 members (excludes halogenated alkanes) is 1. The number of hydrogen-bond donors (Lipinski definition) is 1. The summed E-state index contributed by atoms with van der Waals surface area (Å²) in [5.41, 5.74) is 2.56. The molecule has 0 radical (unpaired) electrons. The molecule has 1 aliphatic carbocycles. The Balaban J connectivity index is 0.748. The van der Waals surface area contributed by atoms with Gasteiger partial charge in [-0.05, 0) is 172 Å². The van der Waals surface area contributed by atoms with Gasteiger partial charge in [-0.1, -0.05) is 42.8 Å². The molecular formula is C46H58N2O6. The van der Waals surface area contributed by atoms with Gasteiger partial charge in [0.2, 0.25) is 0 Å². The number of nitrogens with zero attached hydrogens (tertiary/aromatic N) is 2. The van der Waals surface area contributed by atoms with Gasteiger partial charge in [0, 0.05) is 13.1 Å². The number of carbonyl (C=O) groups is 2. The summed E-state index contributed by atoms with van der Waals surface area (Å²) in [5.74, 6) is 1.98. The van der Waals surface area contributed by atoms with Crippen LogP contribution in [0.25, 0.3) is 21.5 Å². The summed E-state index contributed by atoms with van der Waals surface area (Å²) in [4.78, 5) is 29.7. The fraction of sp³-hybridized carbons (Fsp3) is 0.522. The van der Waals surface area contributed by atoms with Crippen LogP contribution in [0.1, 0.15) is 88.7 Å². The van der Waals surface area contributed by atoms with Gasteiger partial charge in [-0.25, -0.2) is 0 Å². The molecule has 8 heteroatoms. The average Bonchev–Trinajstić information content (AvgIpc) is 3.19. The first-order valence-electron chi connectivity index (χ1n) is 20.6. The maximum Gasteiger partial charge on any atom is 0.309 e. The summed E-state index contributed by atoms with van der Waals surface area (Å²) >= 11 is 0. The summed E-state index contributed by atoms with van der Waals surface area (Å²) in [6, 6.07) is 25.1. The summed E-state index contributed by atoms with van der Waals surface area (Å²) in [6.07, 6.45) is 11.5. The standard InChI is InChI=1S/C46H58N2O6/c1-2-52-45(50)36-18-22-47(23-19-36)32-35-7-11-41-30-44(17-13-39(41)28-35)54-43-15-8-33(9-16-43)5-3-4-26-53-46(51)37-20-24-48(25-21-37)31-34-6-10-40-29-42(49)14-12-38(40)27-34/h6-7,10-14,17,27-30,33,36-37,43,49H,2-5,8-9,15-16,18-26,31-32H2,1H3. The van der Waals surface area contributed by atoms with Crippen molar-refractivity contribution < 1.29 is 28.9 Å². The molecule has 2 heterocycles. The Morgan fingerprint density at radius 1 is 0.630 bits per heavy atom. The molecule has 54 heavy (non-hydrogen) atoms. The molecule has 0 spiro atoms. The first kappa shape index (κ1) is 38.1. The minimum absolute atomic E-state index is 0.00977. The molecule has 2 aliphatic heterocycles. The molecule has 0 aromatic heterocycles. The first-order valence-corrected chi connectivity index (χ1v) is 20.6. The number of ether oxygens (including phenoxy) is 3. The maximum atomic E-state index is 12.8. The number of carbonyl (C=O) groups excluding carboxylic acids is 2. The van der Waals surface area contributed by atoms with E-state index in [1.54, 1.807) is 12.1 Å². The largest absolute Gasteiger partial charge is 0.508 e. The van der Waals surface area contributed by atoms with E-state index >= 15 is 0 Å². The number of benzene rings is 4. The van der Waals surface area contributed by atoms with Crippen LogP contribution in [0.4, 0.5) is 0 Å². The van der Waals surface area contributed by atoms with Crippen molar-refractivity contribution in [3.63, 3.8) is 0 Å². The maximum absolute atomic E-state index is 12.8. The van der Waals surface area contributed by atoms with Crippen molar-refractivity contribution in [2.24, 2.45) is 17.8 Å². The van der Waals surface area contributed by atoms with Gasteiger partial charge in [-0.3, -0.25) is 19.4 Å². The predicted octanol–water partition coefficient (Wildman–Crippen LogP) is 9.04. The van der Waals surface area contributed by atoms with E-state index in [-0.39, 0.29) is 29.9 Å². The predicted molar refractivity (Wildman–Crippen MR) is 213 cm³/mol. The van der Waals surface area contributed by atoms with E-state index in [2.05, 4.69) is 64.4 Å². The number of phenols is 1. The normalized spacial score (nSPS) is 20.6. The number of aromatic hydroxyl groups is 1. The van der Waals surface area contributed by atoms with Gasteiger partial charge >= 0.3 is 11.9 Å². The molecular weight excluding hydrogens is 677 g/mol. The van der Waals surface area contributed by atoms with E-state index in [0.29, 0.717) is 19.0 Å². The van der Waals surface area contributed by atoms with Crippen molar-refractivity contribution in [2.75, 3.05) is 39.4 Å². The quantitative estimate of drug-likeness (QED) is 0.101. The van der Waals surface area contributed by atoms with Crippen LogP contribution >= 0.6 is 0 Å². The molecule has 0 bridgehead atoms. The molecule has 1 N–H and O–H groups in total. The molecule has 0 unspecified atom stereocenters. The summed E-state index contributed by atoms with van der Waals surface area (Å²) < 4.78 is 17.4. The molecule has 2 saturated heterocycles. The smallest absolute Gasteiger partial charge is 0.309 e. The molecule has 0 amide bonds. The van der Waals surface area contributed by atoms with Crippen LogP contribution in [0.3, 0.4) is 0 Å². The second kappa shape index (κ2) is 18.5. The van der Waals surface area contributed by atoms with Crippen molar-refractivity contribution in [3.8, 4) is 11.5 Å². The monoisotopic (exact) mass is 734 g/mol. The Morgan fingerprint density at radius 3 is 1.78 bits per heavy atom. The average molecular weight is 735 g/mol. The molecule has 8 nitrogen and oxygen atoms in total. The third-order valence-electron chi connectivity index (χ3n) is 12.1. The molecule has 288 valence electrons. The van der Waals surface area contributed by atoms with Gasteiger partial charge < -0.3 is 19.3 Å². The highest BCUT2D eigenvalue weighted by Crippen LogP contribution is 2.32. The van der Waals surface area contributed by atoms with Gasteiger partial charge in [-0.15, -0.1) is 0 Å². The summed E-state index contributed by atoms with van der Waals surface area (Å²) in [5, 5.41) is 14.3. The van der Waals surface area contributed by atoms with Crippen LogP contribution < -0.4 is 4.74 Å². The Labute approximate surface area is 320 Å². The number of hydrogen-bond acceptors (Lipinski definition) is 8. The zero-order valence-electron chi connectivity index (χ0n) is 32.1. The van der Waals surface area contributed by atoms with E-state index in [9.17, 15) is 14.7 Å². The van der Waals surface area contributed by atoms with Crippen LogP contribution in [0, 0.1) is 17.8 Å². The lowest BCUT2D eigenvalue weighted by Gasteiger charge is -2.31. The molecule has 4 aromatic carbocycles. The lowest BCUT2D eigenvalue weighted by atomic mass is 9.84. The molecule has 3 aliphatic rings. The second-order valence-corrected chi connectivity index (χ2v) is 16.0. The molecule has 0 atom stereocenters. The highest BCUT2D eigenvalue weighted by Gasteiger charge is 2.28. The lowest BCUT2D eigenvalue weighted by molar-refractivity contribution is -0.151. The SMILES string of the molecule is CCOC(=O)C1CCN(Cc2ccc3cc(OC4CCC(CCCCOC(=O)C5CCN(Cc6ccc7cc(O)ccc7c6)CC5)CC4)ccc3c2)CC1. The van der Waals surface area contributed by atoms with Gasteiger partial charge in [0.1, 0.15) is 11.5 Å². The van der Waals surface area contributed by atoms with Gasteiger partial charge in [0.25, 0.3) is 0 Å². The Bertz CT molecular complexity index is 1850.